The molecule has 0 atom stereocenters. The van der Waals surface area contributed by atoms with E-state index in [9.17, 15) is 0 Å². The molecule has 0 saturated heterocycles. The number of pyridine rings is 6. The molecule has 6 aromatic rings. The molecule has 0 amide bonds. The largest absolute Gasteiger partial charge is 2.00 e. The van der Waals surface area contributed by atoms with Crippen LogP contribution in [-0.2, 0) is 19.5 Å². The van der Waals surface area contributed by atoms with E-state index >= 15 is 0 Å². The number of hydrogen-bond acceptors (Lipinski definition) is 6. The Morgan fingerprint density at radius 2 is 0.436 bits per heavy atom. The zero-order valence-electron chi connectivity index (χ0n) is 20.8. The Morgan fingerprint density at radius 3 is 0.538 bits per heavy atom. The molecule has 2 N–H and O–H groups in total. The predicted octanol–water partition coefficient (Wildman–Crippen LogP) is 2.61. The third-order valence-electron chi connectivity index (χ3n) is 4.78. The van der Waals surface area contributed by atoms with E-state index in [0.29, 0.717) is 0 Å². The molecular weight excluding hydrogens is 597 g/mol. The SMILES string of the molecule is O.[Cl-].[Ru+2].c1ccc(-c2ccccn2)nc1.c1ccc(-c2ccccn2)nc1.c1ccc(-c2ccccn2)nc1. The van der Waals surface area contributed by atoms with Gasteiger partial charge < -0.3 is 17.9 Å². The van der Waals surface area contributed by atoms with E-state index < -0.39 is 0 Å². The predicted molar refractivity (Wildman–Crippen MR) is 146 cm³/mol. The number of halogens is 1. The van der Waals surface area contributed by atoms with Gasteiger partial charge in [0.2, 0.25) is 0 Å². The summed E-state index contributed by atoms with van der Waals surface area (Å²) in [5, 5.41) is 0. The summed E-state index contributed by atoms with van der Waals surface area (Å²) in [7, 11) is 0. The van der Waals surface area contributed by atoms with Crippen LogP contribution in [0, 0.1) is 0 Å². The van der Waals surface area contributed by atoms with Gasteiger partial charge in [0.05, 0.1) is 34.2 Å². The fraction of sp³-hybridized carbons (Fsp3) is 0. The average molecular weight is 623 g/mol. The van der Waals surface area contributed by atoms with Gasteiger partial charge in [0.25, 0.3) is 0 Å². The maximum Gasteiger partial charge on any atom is 2.00 e. The van der Waals surface area contributed by atoms with Gasteiger partial charge >= 0.3 is 19.5 Å². The van der Waals surface area contributed by atoms with Gasteiger partial charge in [0.15, 0.2) is 0 Å². The van der Waals surface area contributed by atoms with E-state index in [-0.39, 0.29) is 37.4 Å². The van der Waals surface area contributed by atoms with Crippen LogP contribution in [0.15, 0.2) is 146 Å². The first-order valence-electron chi connectivity index (χ1n) is 11.4. The van der Waals surface area contributed by atoms with Crippen molar-refractivity contribution in [2.24, 2.45) is 0 Å². The van der Waals surface area contributed by atoms with Gasteiger partial charge in [-0.3, -0.25) is 29.9 Å². The van der Waals surface area contributed by atoms with Crippen LogP contribution in [0.1, 0.15) is 0 Å². The van der Waals surface area contributed by atoms with Crippen LogP contribution >= 0.6 is 0 Å². The fourth-order valence-electron chi connectivity index (χ4n) is 3.09. The summed E-state index contributed by atoms with van der Waals surface area (Å²) in [5.74, 6) is 0. The summed E-state index contributed by atoms with van der Waals surface area (Å²) in [6.45, 7) is 0. The molecule has 0 bridgehead atoms. The second-order valence-electron chi connectivity index (χ2n) is 7.29. The van der Waals surface area contributed by atoms with Crippen molar-refractivity contribution in [3.8, 4) is 34.2 Å². The molecule has 0 radical (unpaired) electrons. The van der Waals surface area contributed by atoms with Crippen LogP contribution in [0.3, 0.4) is 0 Å². The van der Waals surface area contributed by atoms with E-state index in [0.717, 1.165) is 34.2 Å². The van der Waals surface area contributed by atoms with Crippen molar-refractivity contribution < 1.29 is 37.4 Å². The van der Waals surface area contributed by atoms with Crippen molar-refractivity contribution in [2.45, 2.75) is 0 Å². The van der Waals surface area contributed by atoms with Gasteiger partial charge in [-0.25, -0.2) is 0 Å². The Kier molecular flexibility index (Phi) is 15.9. The summed E-state index contributed by atoms with van der Waals surface area (Å²) in [5.41, 5.74) is 5.49. The molecule has 196 valence electrons. The first kappa shape index (κ1) is 32.8. The quantitative estimate of drug-likeness (QED) is 0.281. The topological polar surface area (TPSA) is 109 Å². The van der Waals surface area contributed by atoms with Crippen molar-refractivity contribution in [3.63, 3.8) is 0 Å². The van der Waals surface area contributed by atoms with Gasteiger partial charge in [0, 0.05) is 37.2 Å². The molecule has 39 heavy (non-hydrogen) atoms. The van der Waals surface area contributed by atoms with Gasteiger partial charge in [-0.15, -0.1) is 0 Å². The third-order valence-corrected chi connectivity index (χ3v) is 4.78. The van der Waals surface area contributed by atoms with Gasteiger partial charge in [0.1, 0.15) is 0 Å². The van der Waals surface area contributed by atoms with Crippen LogP contribution in [-0.4, -0.2) is 35.4 Å². The second-order valence-corrected chi connectivity index (χ2v) is 7.29. The molecule has 0 aromatic carbocycles. The Balaban J connectivity index is 0.000000282. The smallest absolute Gasteiger partial charge is 1.00 e. The molecule has 0 aliphatic carbocycles. The zero-order chi connectivity index (χ0) is 24.7. The van der Waals surface area contributed by atoms with Crippen molar-refractivity contribution in [3.05, 3.63) is 146 Å². The minimum absolute atomic E-state index is 0. The molecule has 6 aromatic heterocycles. The van der Waals surface area contributed by atoms with Gasteiger partial charge in [-0.05, 0) is 72.8 Å². The van der Waals surface area contributed by atoms with Crippen LogP contribution in [0.2, 0.25) is 0 Å². The molecule has 0 aliphatic rings. The van der Waals surface area contributed by atoms with E-state index in [1.165, 1.54) is 0 Å². The first-order chi connectivity index (χ1) is 17.9. The van der Waals surface area contributed by atoms with E-state index in [1.54, 1.807) is 37.2 Å². The van der Waals surface area contributed by atoms with E-state index in [2.05, 4.69) is 29.9 Å². The summed E-state index contributed by atoms with van der Waals surface area (Å²) in [6, 6.07) is 34.8. The number of nitrogens with zero attached hydrogens (tertiary/aromatic N) is 6. The number of hydrogen-bond donors (Lipinski definition) is 0. The van der Waals surface area contributed by atoms with Crippen LogP contribution in [0.4, 0.5) is 0 Å². The van der Waals surface area contributed by atoms with Crippen LogP contribution in [0.25, 0.3) is 34.2 Å². The van der Waals surface area contributed by atoms with Crippen molar-refractivity contribution in [1.29, 1.82) is 0 Å². The molecule has 0 spiro atoms. The number of aromatic nitrogens is 6. The monoisotopic (exact) mass is 623 g/mol. The molecule has 6 heterocycles. The molecule has 0 aliphatic heterocycles. The minimum Gasteiger partial charge on any atom is -1.00 e. The number of rotatable bonds is 3. The Bertz CT molecular complexity index is 1110. The maximum absolute atomic E-state index is 4.19. The summed E-state index contributed by atoms with van der Waals surface area (Å²) in [4.78, 5) is 25.1. The molecule has 0 unspecified atom stereocenters. The Labute approximate surface area is 247 Å². The van der Waals surface area contributed by atoms with E-state index in [4.69, 9.17) is 0 Å². The first-order valence-corrected chi connectivity index (χ1v) is 11.4. The van der Waals surface area contributed by atoms with Crippen molar-refractivity contribution in [2.75, 3.05) is 0 Å². The molecule has 7 nitrogen and oxygen atoms in total. The maximum atomic E-state index is 4.19. The van der Waals surface area contributed by atoms with Crippen molar-refractivity contribution >= 4 is 0 Å². The Hall–Kier alpha value is -4.23. The standard InChI is InChI=1S/3C10H8N2.ClH.H2O.Ru/c3*1-3-7-11-9(5-1)10-6-2-4-8-12-10;;;/h3*1-8H;1H;1H2;/q;;;;;+2/p-1. The van der Waals surface area contributed by atoms with Crippen LogP contribution < -0.4 is 12.4 Å². The molecule has 0 fully saturated rings. The normalized spacial score (nSPS) is 8.92. The molecule has 9 heteroatoms. The Morgan fingerprint density at radius 1 is 0.282 bits per heavy atom. The summed E-state index contributed by atoms with van der Waals surface area (Å²) in [6.07, 6.45) is 10.6. The van der Waals surface area contributed by atoms with Crippen LogP contribution in [0.5, 0.6) is 0 Å². The van der Waals surface area contributed by atoms with Crippen molar-refractivity contribution in [1.82, 2.24) is 29.9 Å². The molecular formula is C30H26ClN6ORu+. The average Bonchev–Trinajstić information content (AvgIpc) is 3.01. The van der Waals surface area contributed by atoms with Gasteiger partial charge in [-0.1, -0.05) is 36.4 Å². The summed E-state index contributed by atoms with van der Waals surface area (Å²) >= 11 is 0. The molecule has 0 saturated carbocycles. The zero-order valence-corrected chi connectivity index (χ0v) is 23.3. The third kappa shape index (κ3) is 11.0. The fourth-order valence-corrected chi connectivity index (χ4v) is 3.09. The molecule has 6 rings (SSSR count). The van der Waals surface area contributed by atoms with E-state index in [1.807, 2.05) is 109 Å². The van der Waals surface area contributed by atoms with Gasteiger partial charge in [-0.2, -0.15) is 0 Å². The summed E-state index contributed by atoms with van der Waals surface area (Å²) < 4.78 is 0. The second kappa shape index (κ2) is 18.9. The minimum atomic E-state index is 0.